The molecule has 0 unspecified atom stereocenters. The Balaban J connectivity index is 1.75. The fraction of sp³-hybridized carbons (Fsp3) is 0.214. The summed E-state index contributed by atoms with van der Waals surface area (Å²) in [4.78, 5) is 12.0. The number of aryl methyl sites for hydroxylation is 1. The van der Waals surface area contributed by atoms with Gasteiger partial charge in [0.25, 0.3) is 0 Å². The summed E-state index contributed by atoms with van der Waals surface area (Å²) in [5.41, 5.74) is 1.20. The summed E-state index contributed by atoms with van der Waals surface area (Å²) in [6, 6.07) is 4.23. The van der Waals surface area contributed by atoms with Gasteiger partial charge in [0.2, 0.25) is 11.0 Å². The van der Waals surface area contributed by atoms with Gasteiger partial charge >= 0.3 is 0 Å². The molecular weight excluding hydrogens is 293 g/mol. The van der Waals surface area contributed by atoms with Crippen molar-refractivity contribution in [2.45, 2.75) is 19.8 Å². The van der Waals surface area contributed by atoms with Crippen molar-refractivity contribution in [3.63, 3.8) is 0 Å². The minimum Gasteiger partial charge on any atom is -0.464 e. The van der Waals surface area contributed by atoms with Crippen LogP contribution in [-0.2, 0) is 17.6 Å². The van der Waals surface area contributed by atoms with Crippen LogP contribution in [0.3, 0.4) is 0 Å². The number of rotatable bonds is 4. The lowest BCUT2D eigenvalue weighted by Gasteiger charge is -1.99. The molecule has 2 heterocycles. The lowest BCUT2D eigenvalue weighted by atomic mass is 10.1. The Kier molecular flexibility index (Phi) is 3.66. The molecule has 2 aromatic heterocycles. The second-order valence-electron chi connectivity index (χ2n) is 4.48. The number of furan rings is 1. The molecule has 0 saturated heterocycles. The van der Waals surface area contributed by atoms with Crippen LogP contribution in [0.4, 0.5) is 9.52 Å². The molecule has 3 rings (SSSR count). The average Bonchev–Trinajstić information content (AvgIpc) is 3.06. The summed E-state index contributed by atoms with van der Waals surface area (Å²) < 4.78 is 18.6. The molecular formula is C14H12FN3O2S. The molecule has 0 spiro atoms. The minimum absolute atomic E-state index is 0.0947. The van der Waals surface area contributed by atoms with Gasteiger partial charge in [-0.1, -0.05) is 18.3 Å². The first kappa shape index (κ1) is 13.7. The van der Waals surface area contributed by atoms with Crippen molar-refractivity contribution >= 4 is 33.3 Å². The maximum atomic E-state index is 13.3. The van der Waals surface area contributed by atoms with Gasteiger partial charge in [-0.05, 0) is 24.6 Å². The van der Waals surface area contributed by atoms with E-state index >= 15 is 0 Å². The maximum Gasteiger partial charge on any atom is 0.230 e. The molecule has 0 fully saturated rings. The Morgan fingerprint density at radius 3 is 3.05 bits per heavy atom. The predicted octanol–water partition coefficient (Wildman–Crippen LogP) is 3.17. The predicted molar refractivity (Wildman–Crippen MR) is 77.8 cm³/mol. The third-order valence-electron chi connectivity index (χ3n) is 2.98. The van der Waals surface area contributed by atoms with Crippen LogP contribution >= 0.6 is 11.3 Å². The summed E-state index contributed by atoms with van der Waals surface area (Å²) in [5, 5.41) is 12.4. The van der Waals surface area contributed by atoms with Gasteiger partial charge in [-0.25, -0.2) is 4.39 Å². The number of nitrogens with zero attached hydrogens (tertiary/aromatic N) is 2. The number of hydrogen-bond acceptors (Lipinski definition) is 5. The van der Waals surface area contributed by atoms with Gasteiger partial charge in [0, 0.05) is 10.9 Å². The number of benzene rings is 1. The van der Waals surface area contributed by atoms with Crippen LogP contribution in [0.15, 0.2) is 28.9 Å². The van der Waals surface area contributed by atoms with Gasteiger partial charge in [0.05, 0.1) is 12.7 Å². The summed E-state index contributed by atoms with van der Waals surface area (Å²) >= 11 is 1.34. The Morgan fingerprint density at radius 1 is 1.43 bits per heavy atom. The zero-order valence-electron chi connectivity index (χ0n) is 11.2. The van der Waals surface area contributed by atoms with E-state index in [1.54, 1.807) is 6.07 Å². The van der Waals surface area contributed by atoms with Crippen molar-refractivity contribution < 1.29 is 13.6 Å². The highest BCUT2D eigenvalue weighted by atomic mass is 32.1. The number of halogens is 1. The summed E-state index contributed by atoms with van der Waals surface area (Å²) in [7, 11) is 0. The van der Waals surface area contributed by atoms with Crippen molar-refractivity contribution in [1.29, 1.82) is 0 Å². The number of fused-ring (bicyclic) bond motifs is 1. The molecule has 3 aromatic rings. The zero-order valence-corrected chi connectivity index (χ0v) is 12.0. The average molecular weight is 305 g/mol. The highest BCUT2D eigenvalue weighted by Crippen LogP contribution is 2.23. The number of hydrogen-bond donors (Lipinski definition) is 1. The molecule has 0 saturated carbocycles. The van der Waals surface area contributed by atoms with Crippen molar-refractivity contribution in [3.05, 3.63) is 40.9 Å². The third kappa shape index (κ3) is 2.92. The molecule has 108 valence electrons. The molecule has 7 heteroatoms. The van der Waals surface area contributed by atoms with Crippen LogP contribution in [0.25, 0.3) is 11.0 Å². The second kappa shape index (κ2) is 5.61. The van der Waals surface area contributed by atoms with Crippen LogP contribution < -0.4 is 5.32 Å². The number of carbonyl (C=O) groups is 1. The molecule has 0 radical (unpaired) electrons. The lowest BCUT2D eigenvalue weighted by molar-refractivity contribution is -0.115. The van der Waals surface area contributed by atoms with Crippen molar-refractivity contribution in [3.8, 4) is 0 Å². The molecule has 0 bridgehead atoms. The van der Waals surface area contributed by atoms with E-state index < -0.39 is 0 Å². The molecule has 0 aliphatic heterocycles. The molecule has 0 aliphatic rings. The van der Waals surface area contributed by atoms with Crippen molar-refractivity contribution in [2.24, 2.45) is 0 Å². The second-order valence-corrected chi connectivity index (χ2v) is 5.54. The minimum atomic E-state index is -0.359. The van der Waals surface area contributed by atoms with Gasteiger partial charge < -0.3 is 9.73 Å². The van der Waals surface area contributed by atoms with Crippen LogP contribution in [0.5, 0.6) is 0 Å². The van der Waals surface area contributed by atoms with Gasteiger partial charge in [-0.3, -0.25) is 4.79 Å². The first-order chi connectivity index (χ1) is 10.2. The van der Waals surface area contributed by atoms with E-state index in [4.69, 9.17) is 4.42 Å². The SMILES string of the molecule is CCc1nnc(NC(=O)Cc2coc3ccc(F)cc23)s1. The van der Waals surface area contributed by atoms with Gasteiger partial charge in [0.15, 0.2) is 0 Å². The Hall–Kier alpha value is -2.28. The standard InChI is InChI=1S/C14H12FN3O2S/c1-2-13-17-18-14(21-13)16-12(19)5-8-7-20-11-4-3-9(15)6-10(8)11/h3-4,6-7H,2,5H2,1H3,(H,16,18,19). The van der Waals surface area contributed by atoms with Crippen molar-refractivity contribution in [1.82, 2.24) is 10.2 Å². The number of aromatic nitrogens is 2. The summed E-state index contributed by atoms with van der Waals surface area (Å²) in [5.74, 6) is -0.594. The molecule has 0 aliphatic carbocycles. The number of nitrogens with one attached hydrogen (secondary N) is 1. The van der Waals surface area contributed by atoms with E-state index in [2.05, 4.69) is 15.5 Å². The third-order valence-corrected chi connectivity index (χ3v) is 3.97. The Morgan fingerprint density at radius 2 is 2.29 bits per heavy atom. The van der Waals surface area contributed by atoms with Crippen LogP contribution in [0.1, 0.15) is 17.5 Å². The fourth-order valence-electron chi connectivity index (χ4n) is 1.97. The highest BCUT2D eigenvalue weighted by molar-refractivity contribution is 7.15. The van der Waals surface area contributed by atoms with Crippen LogP contribution in [0.2, 0.25) is 0 Å². The first-order valence-electron chi connectivity index (χ1n) is 6.43. The Bertz CT molecular complexity index is 796. The molecule has 0 atom stereocenters. The Labute approximate surface area is 123 Å². The van der Waals surface area contributed by atoms with Gasteiger partial charge in [-0.15, -0.1) is 10.2 Å². The van der Waals surface area contributed by atoms with E-state index in [1.807, 2.05) is 6.92 Å². The smallest absolute Gasteiger partial charge is 0.230 e. The normalized spacial score (nSPS) is 11.0. The lowest BCUT2D eigenvalue weighted by Crippen LogP contribution is -2.14. The van der Waals surface area contributed by atoms with E-state index in [-0.39, 0.29) is 18.1 Å². The van der Waals surface area contributed by atoms with Crippen molar-refractivity contribution in [2.75, 3.05) is 5.32 Å². The number of amides is 1. The first-order valence-corrected chi connectivity index (χ1v) is 7.25. The maximum absolute atomic E-state index is 13.3. The van der Waals surface area contributed by atoms with E-state index in [0.29, 0.717) is 21.7 Å². The molecule has 1 aromatic carbocycles. The molecule has 5 nitrogen and oxygen atoms in total. The topological polar surface area (TPSA) is 68.0 Å². The monoisotopic (exact) mass is 305 g/mol. The van der Waals surface area contributed by atoms with E-state index in [1.165, 1.54) is 29.7 Å². The van der Waals surface area contributed by atoms with E-state index in [0.717, 1.165) is 11.4 Å². The largest absolute Gasteiger partial charge is 0.464 e. The molecule has 21 heavy (non-hydrogen) atoms. The van der Waals surface area contributed by atoms with Crippen LogP contribution in [0, 0.1) is 5.82 Å². The molecule has 1 amide bonds. The quantitative estimate of drug-likeness (QED) is 0.804. The van der Waals surface area contributed by atoms with Crippen LogP contribution in [-0.4, -0.2) is 16.1 Å². The number of anilines is 1. The number of carbonyl (C=O) groups excluding carboxylic acids is 1. The summed E-state index contributed by atoms with van der Waals surface area (Å²) in [6.07, 6.45) is 2.35. The zero-order chi connectivity index (χ0) is 14.8. The van der Waals surface area contributed by atoms with Gasteiger partial charge in [0.1, 0.15) is 16.4 Å². The molecule has 1 N–H and O–H groups in total. The van der Waals surface area contributed by atoms with E-state index in [9.17, 15) is 9.18 Å². The fourth-order valence-corrected chi connectivity index (χ4v) is 2.67. The van der Waals surface area contributed by atoms with Gasteiger partial charge in [-0.2, -0.15) is 0 Å². The highest BCUT2D eigenvalue weighted by Gasteiger charge is 2.13. The summed E-state index contributed by atoms with van der Waals surface area (Å²) in [6.45, 7) is 1.97.